The third kappa shape index (κ3) is 3.05. The monoisotopic (exact) mass is 223 g/mol. The molecule has 0 heterocycles. The molecule has 3 heteroatoms. The molecule has 1 atom stereocenters. The first-order chi connectivity index (χ1) is 7.41. The van der Waals surface area contributed by atoms with Crippen LogP contribution in [0, 0.1) is 18.7 Å². The third-order valence-corrected chi connectivity index (χ3v) is 2.80. The summed E-state index contributed by atoms with van der Waals surface area (Å²) >= 11 is 0. The van der Waals surface area contributed by atoms with Crippen LogP contribution in [-0.4, -0.2) is 11.9 Å². The molecule has 0 aliphatic rings. The van der Waals surface area contributed by atoms with Gasteiger partial charge in [0.25, 0.3) is 5.91 Å². The van der Waals surface area contributed by atoms with Crippen molar-refractivity contribution in [3.05, 3.63) is 35.1 Å². The van der Waals surface area contributed by atoms with Gasteiger partial charge in [0.1, 0.15) is 5.82 Å². The summed E-state index contributed by atoms with van der Waals surface area (Å²) in [7, 11) is 0. The number of carbonyl (C=O) groups is 1. The van der Waals surface area contributed by atoms with Crippen molar-refractivity contribution in [1.82, 2.24) is 5.32 Å². The van der Waals surface area contributed by atoms with Crippen LogP contribution in [0.1, 0.15) is 36.7 Å². The second kappa shape index (κ2) is 5.10. The maximum absolute atomic E-state index is 13.0. The van der Waals surface area contributed by atoms with Gasteiger partial charge in [0.2, 0.25) is 0 Å². The van der Waals surface area contributed by atoms with E-state index in [0.29, 0.717) is 11.5 Å². The number of hydrogen-bond acceptors (Lipinski definition) is 1. The number of halogens is 1. The van der Waals surface area contributed by atoms with E-state index in [1.807, 2.05) is 20.8 Å². The molecule has 0 spiro atoms. The molecule has 0 saturated carbocycles. The third-order valence-electron chi connectivity index (χ3n) is 2.80. The first kappa shape index (κ1) is 12.7. The summed E-state index contributed by atoms with van der Waals surface area (Å²) in [4.78, 5) is 11.9. The molecule has 0 aliphatic heterocycles. The fourth-order valence-electron chi connectivity index (χ4n) is 1.29. The van der Waals surface area contributed by atoms with Crippen molar-refractivity contribution in [1.29, 1.82) is 0 Å². The second-order valence-corrected chi connectivity index (χ2v) is 4.47. The number of amides is 1. The van der Waals surface area contributed by atoms with E-state index in [4.69, 9.17) is 0 Å². The summed E-state index contributed by atoms with van der Waals surface area (Å²) in [6, 6.07) is 4.33. The maximum Gasteiger partial charge on any atom is 0.251 e. The molecular weight excluding hydrogens is 205 g/mol. The highest BCUT2D eigenvalue weighted by molar-refractivity contribution is 5.95. The lowest BCUT2D eigenvalue weighted by Gasteiger charge is -2.18. The van der Waals surface area contributed by atoms with Crippen molar-refractivity contribution in [3.63, 3.8) is 0 Å². The minimum atomic E-state index is -0.382. The van der Waals surface area contributed by atoms with Gasteiger partial charge in [0, 0.05) is 11.6 Å². The van der Waals surface area contributed by atoms with E-state index in [1.165, 1.54) is 12.1 Å². The van der Waals surface area contributed by atoms with E-state index >= 15 is 0 Å². The minimum Gasteiger partial charge on any atom is -0.349 e. The summed E-state index contributed by atoms with van der Waals surface area (Å²) in [6.45, 7) is 7.80. The van der Waals surface area contributed by atoms with Gasteiger partial charge in [0.05, 0.1) is 0 Å². The zero-order chi connectivity index (χ0) is 12.3. The molecule has 1 N–H and O–H groups in total. The van der Waals surface area contributed by atoms with Crippen LogP contribution < -0.4 is 5.32 Å². The Labute approximate surface area is 95.9 Å². The topological polar surface area (TPSA) is 29.1 Å². The van der Waals surface area contributed by atoms with Crippen LogP contribution in [0.3, 0.4) is 0 Å². The van der Waals surface area contributed by atoms with Crippen LogP contribution >= 0.6 is 0 Å². The van der Waals surface area contributed by atoms with Crippen LogP contribution in [0.15, 0.2) is 18.2 Å². The SMILES string of the molecule is Cc1ccc(F)cc1C(=O)NC(C)C(C)C. The average molecular weight is 223 g/mol. The van der Waals surface area contributed by atoms with E-state index in [9.17, 15) is 9.18 Å². The fourth-order valence-corrected chi connectivity index (χ4v) is 1.29. The highest BCUT2D eigenvalue weighted by atomic mass is 19.1. The van der Waals surface area contributed by atoms with Gasteiger partial charge in [-0.25, -0.2) is 4.39 Å². The first-order valence-electron chi connectivity index (χ1n) is 5.49. The Balaban J connectivity index is 2.84. The van der Waals surface area contributed by atoms with Crippen LogP contribution in [0.2, 0.25) is 0 Å². The maximum atomic E-state index is 13.0. The summed E-state index contributed by atoms with van der Waals surface area (Å²) in [5.74, 6) is -0.232. The number of rotatable bonds is 3. The van der Waals surface area contributed by atoms with Gasteiger partial charge in [-0.1, -0.05) is 19.9 Å². The average Bonchev–Trinajstić information content (AvgIpc) is 2.21. The Morgan fingerprint density at radius 2 is 1.94 bits per heavy atom. The molecule has 0 fully saturated rings. The molecule has 0 saturated heterocycles. The lowest BCUT2D eigenvalue weighted by molar-refractivity contribution is 0.0929. The molecule has 1 aromatic rings. The van der Waals surface area contributed by atoms with Crippen molar-refractivity contribution in [2.45, 2.75) is 33.7 Å². The van der Waals surface area contributed by atoms with Gasteiger partial charge in [-0.2, -0.15) is 0 Å². The summed E-state index contributed by atoms with van der Waals surface area (Å²) < 4.78 is 13.0. The molecular formula is C13H18FNO. The van der Waals surface area contributed by atoms with Crippen molar-refractivity contribution >= 4 is 5.91 Å². The van der Waals surface area contributed by atoms with Crippen molar-refractivity contribution in [3.8, 4) is 0 Å². The van der Waals surface area contributed by atoms with E-state index in [0.717, 1.165) is 5.56 Å². The second-order valence-electron chi connectivity index (χ2n) is 4.47. The van der Waals surface area contributed by atoms with Crippen LogP contribution in [-0.2, 0) is 0 Å². The molecule has 1 aromatic carbocycles. The number of hydrogen-bond donors (Lipinski definition) is 1. The first-order valence-corrected chi connectivity index (χ1v) is 5.49. The van der Waals surface area contributed by atoms with Crippen molar-refractivity contribution in [2.24, 2.45) is 5.92 Å². The predicted octanol–water partition coefficient (Wildman–Crippen LogP) is 2.91. The fraction of sp³-hybridized carbons (Fsp3) is 0.462. The lowest BCUT2D eigenvalue weighted by atomic mass is 10.0. The highest BCUT2D eigenvalue weighted by Crippen LogP contribution is 2.11. The van der Waals surface area contributed by atoms with Gasteiger partial charge in [-0.15, -0.1) is 0 Å². The molecule has 1 amide bonds. The van der Waals surface area contributed by atoms with Crippen molar-refractivity contribution < 1.29 is 9.18 Å². The van der Waals surface area contributed by atoms with E-state index in [-0.39, 0.29) is 17.8 Å². The number of aryl methyl sites for hydroxylation is 1. The zero-order valence-electron chi connectivity index (χ0n) is 10.2. The molecule has 1 unspecified atom stereocenters. The van der Waals surface area contributed by atoms with E-state index in [1.54, 1.807) is 13.0 Å². The smallest absolute Gasteiger partial charge is 0.251 e. The molecule has 0 bridgehead atoms. The Morgan fingerprint density at radius 1 is 1.31 bits per heavy atom. The molecule has 1 rings (SSSR count). The molecule has 0 radical (unpaired) electrons. The van der Waals surface area contributed by atoms with Gasteiger partial charge >= 0.3 is 0 Å². The standard InChI is InChI=1S/C13H18FNO/c1-8(2)10(4)15-13(16)12-7-11(14)6-5-9(12)3/h5-8,10H,1-4H3,(H,15,16). The molecule has 0 aliphatic carbocycles. The van der Waals surface area contributed by atoms with E-state index < -0.39 is 0 Å². The number of carbonyl (C=O) groups excluding carboxylic acids is 1. The summed E-state index contributed by atoms with van der Waals surface area (Å²) in [6.07, 6.45) is 0. The summed E-state index contributed by atoms with van der Waals surface area (Å²) in [5, 5.41) is 2.86. The van der Waals surface area contributed by atoms with Crippen LogP contribution in [0.25, 0.3) is 0 Å². The zero-order valence-corrected chi connectivity index (χ0v) is 10.2. The van der Waals surface area contributed by atoms with Crippen molar-refractivity contribution in [2.75, 3.05) is 0 Å². The lowest BCUT2D eigenvalue weighted by Crippen LogP contribution is -2.36. The summed E-state index contributed by atoms with van der Waals surface area (Å²) in [5.41, 5.74) is 1.20. The Morgan fingerprint density at radius 3 is 2.50 bits per heavy atom. The molecule has 88 valence electrons. The molecule has 0 aromatic heterocycles. The Hall–Kier alpha value is -1.38. The number of nitrogens with one attached hydrogen (secondary N) is 1. The van der Waals surface area contributed by atoms with Gasteiger partial charge < -0.3 is 5.32 Å². The minimum absolute atomic E-state index is 0.0789. The van der Waals surface area contributed by atoms with Gasteiger partial charge in [0.15, 0.2) is 0 Å². The van der Waals surface area contributed by atoms with Gasteiger partial charge in [-0.3, -0.25) is 4.79 Å². The normalized spacial score (nSPS) is 12.6. The Kier molecular flexibility index (Phi) is 4.05. The predicted molar refractivity (Wildman–Crippen MR) is 62.9 cm³/mol. The van der Waals surface area contributed by atoms with Crippen LogP contribution in [0.5, 0.6) is 0 Å². The molecule has 16 heavy (non-hydrogen) atoms. The Bertz CT molecular complexity index is 388. The number of benzene rings is 1. The van der Waals surface area contributed by atoms with E-state index in [2.05, 4.69) is 5.32 Å². The largest absolute Gasteiger partial charge is 0.349 e. The molecule has 2 nitrogen and oxygen atoms in total. The van der Waals surface area contributed by atoms with Crippen LogP contribution in [0.4, 0.5) is 4.39 Å². The highest BCUT2D eigenvalue weighted by Gasteiger charge is 2.14. The van der Waals surface area contributed by atoms with Gasteiger partial charge in [-0.05, 0) is 37.5 Å². The quantitative estimate of drug-likeness (QED) is 0.838.